The van der Waals surface area contributed by atoms with Crippen LogP contribution in [0, 0.1) is 5.82 Å². The SMILES string of the molecule is CCC(CC(=O)O)c1ccc(-c2cnn(C)c2)c(Nc2ccc(Cl)cc2F)c1. The van der Waals surface area contributed by atoms with E-state index in [0.717, 1.165) is 16.7 Å². The van der Waals surface area contributed by atoms with Crippen molar-refractivity contribution in [3.05, 3.63) is 65.2 Å². The Labute approximate surface area is 167 Å². The summed E-state index contributed by atoms with van der Waals surface area (Å²) < 4.78 is 16.0. The van der Waals surface area contributed by atoms with Gasteiger partial charge < -0.3 is 10.4 Å². The van der Waals surface area contributed by atoms with Crippen molar-refractivity contribution >= 4 is 28.9 Å². The Morgan fingerprint density at radius 3 is 2.68 bits per heavy atom. The van der Waals surface area contributed by atoms with Gasteiger partial charge in [0.15, 0.2) is 0 Å². The van der Waals surface area contributed by atoms with Crippen LogP contribution in [0.5, 0.6) is 0 Å². The highest BCUT2D eigenvalue weighted by Crippen LogP contribution is 2.35. The van der Waals surface area contributed by atoms with Crippen LogP contribution in [0.4, 0.5) is 15.8 Å². The van der Waals surface area contributed by atoms with Gasteiger partial charge >= 0.3 is 5.97 Å². The van der Waals surface area contributed by atoms with Gasteiger partial charge in [-0.25, -0.2) is 4.39 Å². The van der Waals surface area contributed by atoms with Gasteiger partial charge in [0.2, 0.25) is 0 Å². The molecule has 0 amide bonds. The summed E-state index contributed by atoms with van der Waals surface area (Å²) in [6.45, 7) is 1.95. The molecule has 1 heterocycles. The van der Waals surface area contributed by atoms with E-state index in [2.05, 4.69) is 10.4 Å². The Morgan fingerprint density at radius 2 is 2.07 bits per heavy atom. The summed E-state index contributed by atoms with van der Waals surface area (Å²) in [7, 11) is 1.82. The van der Waals surface area contributed by atoms with Gasteiger partial charge in [0.25, 0.3) is 0 Å². The molecule has 0 aliphatic rings. The van der Waals surface area contributed by atoms with E-state index in [4.69, 9.17) is 11.6 Å². The van der Waals surface area contributed by atoms with Gasteiger partial charge in [-0.05, 0) is 42.2 Å². The number of carboxylic acid groups (broad SMARTS) is 1. The number of hydrogen-bond acceptors (Lipinski definition) is 3. The number of carbonyl (C=O) groups is 1. The molecule has 0 aliphatic heterocycles. The minimum Gasteiger partial charge on any atom is -0.481 e. The first kappa shape index (κ1) is 19.9. The van der Waals surface area contributed by atoms with Crippen molar-refractivity contribution in [2.75, 3.05) is 5.32 Å². The third-order valence-electron chi connectivity index (χ3n) is 4.65. The molecular weight excluding hydrogens is 381 g/mol. The van der Waals surface area contributed by atoms with Gasteiger partial charge in [0, 0.05) is 35.1 Å². The fourth-order valence-electron chi connectivity index (χ4n) is 3.18. The first-order chi connectivity index (χ1) is 13.4. The van der Waals surface area contributed by atoms with Crippen LogP contribution in [0.1, 0.15) is 31.2 Å². The number of carboxylic acids is 1. The molecular formula is C21H21ClFN3O2. The first-order valence-corrected chi connectivity index (χ1v) is 9.32. The van der Waals surface area contributed by atoms with E-state index in [1.54, 1.807) is 23.0 Å². The Hall–Kier alpha value is -2.86. The van der Waals surface area contributed by atoms with Gasteiger partial charge in [-0.3, -0.25) is 9.48 Å². The van der Waals surface area contributed by atoms with Crippen LogP contribution in [-0.2, 0) is 11.8 Å². The molecule has 5 nitrogen and oxygen atoms in total. The smallest absolute Gasteiger partial charge is 0.303 e. The molecule has 2 aromatic carbocycles. The average molecular weight is 402 g/mol. The van der Waals surface area contributed by atoms with Crippen LogP contribution in [-0.4, -0.2) is 20.9 Å². The highest BCUT2D eigenvalue weighted by Gasteiger charge is 2.17. The van der Waals surface area contributed by atoms with Crippen molar-refractivity contribution in [3.8, 4) is 11.1 Å². The van der Waals surface area contributed by atoms with Crippen molar-refractivity contribution in [1.82, 2.24) is 9.78 Å². The van der Waals surface area contributed by atoms with Gasteiger partial charge in [-0.2, -0.15) is 5.10 Å². The van der Waals surface area contributed by atoms with Gasteiger partial charge in [-0.1, -0.05) is 30.7 Å². The molecule has 0 saturated carbocycles. The van der Waals surface area contributed by atoms with E-state index >= 15 is 0 Å². The standard InChI is InChI=1S/C21H21ClFN3O2/c1-3-13(9-21(27)28)14-4-6-17(15-11-24-26(2)12-15)20(8-14)25-19-7-5-16(22)10-18(19)23/h4-8,10-13,25H,3,9H2,1-2H3,(H,27,28). The Balaban J connectivity index is 2.06. The second-order valence-electron chi connectivity index (χ2n) is 6.66. The number of nitrogens with zero attached hydrogens (tertiary/aromatic N) is 2. The summed E-state index contributed by atoms with van der Waals surface area (Å²) in [6, 6.07) is 10.1. The molecule has 2 N–H and O–H groups in total. The molecule has 0 radical (unpaired) electrons. The molecule has 0 fully saturated rings. The summed E-state index contributed by atoms with van der Waals surface area (Å²) in [4.78, 5) is 11.2. The second kappa shape index (κ2) is 8.44. The summed E-state index contributed by atoms with van der Waals surface area (Å²) >= 11 is 5.85. The Bertz CT molecular complexity index is 1000. The summed E-state index contributed by atoms with van der Waals surface area (Å²) in [5.41, 5.74) is 3.57. The van der Waals surface area contributed by atoms with E-state index in [0.29, 0.717) is 17.1 Å². The molecule has 28 heavy (non-hydrogen) atoms. The molecule has 0 aliphatic carbocycles. The zero-order valence-corrected chi connectivity index (χ0v) is 16.4. The monoisotopic (exact) mass is 401 g/mol. The third-order valence-corrected chi connectivity index (χ3v) is 4.88. The minimum atomic E-state index is -0.846. The highest BCUT2D eigenvalue weighted by molar-refractivity contribution is 6.30. The van der Waals surface area contributed by atoms with Gasteiger partial charge in [-0.15, -0.1) is 0 Å². The summed E-state index contributed by atoms with van der Waals surface area (Å²) in [6.07, 6.45) is 4.32. The van der Waals surface area contributed by atoms with Crippen LogP contribution >= 0.6 is 11.6 Å². The van der Waals surface area contributed by atoms with Crippen molar-refractivity contribution < 1.29 is 14.3 Å². The zero-order valence-electron chi connectivity index (χ0n) is 15.6. The molecule has 7 heteroatoms. The predicted octanol–water partition coefficient (Wildman–Crippen LogP) is 5.59. The first-order valence-electron chi connectivity index (χ1n) is 8.94. The van der Waals surface area contributed by atoms with E-state index < -0.39 is 11.8 Å². The van der Waals surface area contributed by atoms with E-state index in [1.165, 1.54) is 6.07 Å². The number of hydrogen-bond donors (Lipinski definition) is 2. The lowest BCUT2D eigenvalue weighted by atomic mass is 9.91. The average Bonchev–Trinajstić information content (AvgIpc) is 3.08. The largest absolute Gasteiger partial charge is 0.481 e. The fourth-order valence-corrected chi connectivity index (χ4v) is 3.33. The summed E-state index contributed by atoms with van der Waals surface area (Å²) in [5.74, 6) is -1.44. The van der Waals surface area contributed by atoms with Crippen LogP contribution < -0.4 is 5.32 Å². The maximum Gasteiger partial charge on any atom is 0.303 e. The number of aliphatic carboxylic acids is 1. The highest BCUT2D eigenvalue weighted by atomic mass is 35.5. The van der Waals surface area contributed by atoms with Gasteiger partial charge in [0.05, 0.1) is 18.3 Å². The van der Waals surface area contributed by atoms with Crippen molar-refractivity contribution in [2.45, 2.75) is 25.7 Å². The van der Waals surface area contributed by atoms with Crippen LogP contribution in [0.25, 0.3) is 11.1 Å². The van der Waals surface area contributed by atoms with E-state index in [-0.39, 0.29) is 18.0 Å². The van der Waals surface area contributed by atoms with Crippen molar-refractivity contribution in [1.29, 1.82) is 0 Å². The molecule has 1 atom stereocenters. The van der Waals surface area contributed by atoms with Crippen LogP contribution in [0.2, 0.25) is 5.02 Å². The maximum atomic E-state index is 14.3. The number of anilines is 2. The quantitative estimate of drug-likeness (QED) is 0.541. The van der Waals surface area contributed by atoms with E-state index in [1.807, 2.05) is 38.4 Å². The molecule has 1 aromatic heterocycles. The lowest BCUT2D eigenvalue weighted by molar-refractivity contribution is -0.137. The zero-order chi connectivity index (χ0) is 20.3. The van der Waals surface area contributed by atoms with Gasteiger partial charge in [0.1, 0.15) is 5.82 Å². The third kappa shape index (κ3) is 4.51. The Morgan fingerprint density at radius 1 is 1.29 bits per heavy atom. The van der Waals surface area contributed by atoms with Crippen LogP contribution in [0.15, 0.2) is 48.8 Å². The molecule has 0 bridgehead atoms. The maximum absolute atomic E-state index is 14.3. The Kier molecular flexibility index (Phi) is 5.99. The number of rotatable bonds is 7. The molecule has 1 unspecified atom stereocenters. The van der Waals surface area contributed by atoms with Crippen LogP contribution in [0.3, 0.4) is 0 Å². The lowest BCUT2D eigenvalue weighted by Gasteiger charge is -2.18. The lowest BCUT2D eigenvalue weighted by Crippen LogP contribution is -2.06. The molecule has 3 aromatic rings. The van der Waals surface area contributed by atoms with Crippen molar-refractivity contribution in [3.63, 3.8) is 0 Å². The molecule has 146 valence electrons. The number of benzene rings is 2. The normalized spacial score (nSPS) is 12.0. The molecule has 3 rings (SSSR count). The topological polar surface area (TPSA) is 67.1 Å². The predicted molar refractivity (Wildman–Crippen MR) is 109 cm³/mol. The second-order valence-corrected chi connectivity index (χ2v) is 7.10. The number of aryl methyl sites for hydroxylation is 1. The van der Waals surface area contributed by atoms with Crippen molar-refractivity contribution in [2.24, 2.45) is 7.05 Å². The summed E-state index contributed by atoms with van der Waals surface area (Å²) in [5, 5.41) is 16.8. The molecule has 0 saturated heterocycles. The molecule has 0 spiro atoms. The number of halogens is 2. The fraction of sp³-hybridized carbons (Fsp3) is 0.238. The minimum absolute atomic E-state index is 0.0392. The number of aromatic nitrogens is 2. The van der Waals surface area contributed by atoms with E-state index in [9.17, 15) is 14.3 Å². The number of nitrogens with one attached hydrogen (secondary N) is 1.